The fourth-order valence-electron chi connectivity index (χ4n) is 3.09. The molecule has 8 heteroatoms. The average molecular weight is 372 g/mol. The number of aryl methyl sites for hydroxylation is 1. The molecule has 1 aromatic carbocycles. The number of hydrogen-bond donors (Lipinski definition) is 1. The molecule has 0 saturated carbocycles. The molecule has 144 valence electrons. The van der Waals surface area contributed by atoms with Crippen molar-refractivity contribution in [3.8, 4) is 5.75 Å². The molecule has 1 N–H and O–H groups in total. The Labute approximate surface area is 157 Å². The molecule has 2 aromatic rings. The van der Waals surface area contributed by atoms with Crippen molar-refractivity contribution in [2.24, 2.45) is 5.92 Å². The van der Waals surface area contributed by atoms with Crippen LogP contribution < -0.4 is 10.1 Å². The highest BCUT2D eigenvalue weighted by Crippen LogP contribution is 2.19. The summed E-state index contributed by atoms with van der Waals surface area (Å²) in [5, 5.41) is 6.51. The SMILES string of the molecule is Cc1noc(CNC(=O)C2CCN(C(=O)C(C)Oc3ccccc3)CC2)n1. The van der Waals surface area contributed by atoms with Crippen molar-refractivity contribution in [3.05, 3.63) is 42.0 Å². The van der Waals surface area contributed by atoms with Gasteiger partial charge in [0.1, 0.15) is 5.75 Å². The fraction of sp³-hybridized carbons (Fsp3) is 0.474. The molecule has 2 heterocycles. The topological polar surface area (TPSA) is 97.6 Å². The minimum atomic E-state index is -0.557. The second-order valence-electron chi connectivity index (χ2n) is 6.63. The van der Waals surface area contributed by atoms with Crippen molar-refractivity contribution < 1.29 is 18.8 Å². The third kappa shape index (κ3) is 5.06. The van der Waals surface area contributed by atoms with Crippen molar-refractivity contribution in [1.82, 2.24) is 20.4 Å². The Hall–Kier alpha value is -2.90. The molecular formula is C19H24N4O4. The van der Waals surface area contributed by atoms with Gasteiger partial charge in [0.05, 0.1) is 6.54 Å². The third-order valence-electron chi connectivity index (χ3n) is 4.56. The number of likely N-dealkylation sites (tertiary alicyclic amines) is 1. The molecular weight excluding hydrogens is 348 g/mol. The van der Waals surface area contributed by atoms with Crippen LogP contribution in [0.3, 0.4) is 0 Å². The van der Waals surface area contributed by atoms with E-state index in [1.165, 1.54) is 0 Å². The van der Waals surface area contributed by atoms with Gasteiger partial charge < -0.3 is 19.5 Å². The van der Waals surface area contributed by atoms with E-state index in [9.17, 15) is 9.59 Å². The number of aromatic nitrogens is 2. The number of carbonyl (C=O) groups excluding carboxylic acids is 2. The summed E-state index contributed by atoms with van der Waals surface area (Å²) in [6, 6.07) is 9.28. The summed E-state index contributed by atoms with van der Waals surface area (Å²) in [6.45, 7) is 4.78. The van der Waals surface area contributed by atoms with Gasteiger partial charge in [-0.1, -0.05) is 23.4 Å². The zero-order chi connectivity index (χ0) is 19.2. The molecule has 1 fully saturated rings. The standard InChI is InChI=1S/C19H24N4O4/c1-13(26-16-6-4-3-5-7-16)19(25)23-10-8-15(9-11-23)18(24)20-12-17-21-14(2)22-27-17/h3-7,13,15H,8-12H2,1-2H3,(H,20,24). The maximum Gasteiger partial charge on any atom is 0.263 e. The van der Waals surface area contributed by atoms with Crippen LogP contribution in [0.1, 0.15) is 31.5 Å². The van der Waals surface area contributed by atoms with Crippen molar-refractivity contribution in [2.75, 3.05) is 13.1 Å². The molecule has 0 aliphatic carbocycles. The van der Waals surface area contributed by atoms with E-state index >= 15 is 0 Å². The van der Waals surface area contributed by atoms with Gasteiger partial charge in [0, 0.05) is 19.0 Å². The van der Waals surface area contributed by atoms with Crippen LogP contribution in [0.5, 0.6) is 5.75 Å². The molecule has 1 atom stereocenters. The number of amides is 2. The van der Waals surface area contributed by atoms with Crippen LogP contribution in [0, 0.1) is 12.8 Å². The summed E-state index contributed by atoms with van der Waals surface area (Å²) in [5.74, 6) is 1.37. The number of hydrogen-bond acceptors (Lipinski definition) is 6. The van der Waals surface area contributed by atoms with Crippen molar-refractivity contribution >= 4 is 11.8 Å². The molecule has 3 rings (SSSR count). The second-order valence-corrected chi connectivity index (χ2v) is 6.63. The van der Waals surface area contributed by atoms with Crippen LogP contribution in [0.25, 0.3) is 0 Å². The zero-order valence-corrected chi connectivity index (χ0v) is 15.6. The normalized spacial score (nSPS) is 16.0. The number of piperidine rings is 1. The predicted molar refractivity (Wildman–Crippen MR) is 96.7 cm³/mol. The fourth-order valence-corrected chi connectivity index (χ4v) is 3.09. The van der Waals surface area contributed by atoms with E-state index in [1.54, 1.807) is 18.7 Å². The molecule has 0 spiro atoms. The van der Waals surface area contributed by atoms with Crippen LogP contribution in [-0.4, -0.2) is 46.0 Å². The lowest BCUT2D eigenvalue weighted by atomic mass is 9.95. The minimum Gasteiger partial charge on any atom is -0.481 e. The Morgan fingerprint density at radius 3 is 2.63 bits per heavy atom. The molecule has 0 radical (unpaired) electrons. The summed E-state index contributed by atoms with van der Waals surface area (Å²) in [6.07, 6.45) is 0.690. The lowest BCUT2D eigenvalue weighted by Crippen LogP contribution is -2.47. The van der Waals surface area contributed by atoms with Crippen molar-refractivity contribution in [2.45, 2.75) is 39.3 Å². The number of carbonyl (C=O) groups is 2. The van der Waals surface area contributed by atoms with E-state index in [-0.39, 0.29) is 24.3 Å². The smallest absolute Gasteiger partial charge is 0.263 e. The van der Waals surface area contributed by atoms with Crippen LogP contribution >= 0.6 is 0 Å². The summed E-state index contributed by atoms with van der Waals surface area (Å²) < 4.78 is 10.7. The first-order valence-corrected chi connectivity index (χ1v) is 9.10. The number of rotatable bonds is 6. The van der Waals surface area contributed by atoms with Gasteiger partial charge in [-0.3, -0.25) is 9.59 Å². The molecule has 0 bridgehead atoms. The highest BCUT2D eigenvalue weighted by Gasteiger charge is 2.30. The Balaban J connectivity index is 1.43. The summed E-state index contributed by atoms with van der Waals surface area (Å²) in [7, 11) is 0. The third-order valence-corrected chi connectivity index (χ3v) is 4.56. The largest absolute Gasteiger partial charge is 0.481 e. The van der Waals surface area contributed by atoms with Crippen LogP contribution in [0.2, 0.25) is 0 Å². The van der Waals surface area contributed by atoms with Gasteiger partial charge >= 0.3 is 0 Å². The molecule has 27 heavy (non-hydrogen) atoms. The number of benzene rings is 1. The first-order chi connectivity index (χ1) is 13.0. The highest BCUT2D eigenvalue weighted by atomic mass is 16.5. The predicted octanol–water partition coefficient (Wildman–Crippen LogP) is 1.70. The summed E-state index contributed by atoms with van der Waals surface area (Å²) >= 11 is 0. The van der Waals surface area contributed by atoms with Crippen LogP contribution in [0.15, 0.2) is 34.9 Å². The maximum absolute atomic E-state index is 12.6. The number of nitrogens with zero attached hydrogens (tertiary/aromatic N) is 3. The van der Waals surface area contributed by atoms with Crippen molar-refractivity contribution in [3.63, 3.8) is 0 Å². The molecule has 1 aromatic heterocycles. The number of nitrogens with one attached hydrogen (secondary N) is 1. The number of para-hydroxylation sites is 1. The van der Waals surface area contributed by atoms with E-state index in [0.717, 1.165) is 0 Å². The molecule has 8 nitrogen and oxygen atoms in total. The van der Waals surface area contributed by atoms with Gasteiger partial charge in [-0.25, -0.2) is 0 Å². The van der Waals surface area contributed by atoms with Crippen molar-refractivity contribution in [1.29, 1.82) is 0 Å². The lowest BCUT2D eigenvalue weighted by molar-refractivity contribution is -0.141. The molecule has 1 unspecified atom stereocenters. The molecule has 1 aliphatic heterocycles. The Morgan fingerprint density at radius 2 is 2.00 bits per heavy atom. The number of ether oxygens (including phenoxy) is 1. The van der Waals surface area contributed by atoms with Gasteiger partial charge in [-0.15, -0.1) is 0 Å². The van der Waals surface area contributed by atoms with Gasteiger partial charge in [0.15, 0.2) is 11.9 Å². The molecule has 1 saturated heterocycles. The van der Waals surface area contributed by atoms with E-state index in [2.05, 4.69) is 15.5 Å². The van der Waals surface area contributed by atoms with Gasteiger partial charge in [-0.05, 0) is 38.8 Å². The van der Waals surface area contributed by atoms with E-state index in [1.807, 2.05) is 30.3 Å². The quantitative estimate of drug-likeness (QED) is 0.829. The van der Waals surface area contributed by atoms with E-state index in [0.29, 0.717) is 43.4 Å². The van der Waals surface area contributed by atoms with Gasteiger partial charge in [-0.2, -0.15) is 4.98 Å². The molecule has 1 aliphatic rings. The van der Waals surface area contributed by atoms with E-state index < -0.39 is 6.10 Å². The average Bonchev–Trinajstić information content (AvgIpc) is 3.11. The Kier molecular flexibility index (Phi) is 6.05. The van der Waals surface area contributed by atoms with E-state index in [4.69, 9.17) is 9.26 Å². The summed E-state index contributed by atoms with van der Waals surface area (Å²) in [4.78, 5) is 30.7. The van der Waals surface area contributed by atoms with Crippen LogP contribution in [0.4, 0.5) is 0 Å². The van der Waals surface area contributed by atoms with Gasteiger partial charge in [0.2, 0.25) is 11.8 Å². The maximum atomic E-state index is 12.6. The van der Waals surface area contributed by atoms with Crippen LogP contribution in [-0.2, 0) is 16.1 Å². The minimum absolute atomic E-state index is 0.0495. The summed E-state index contributed by atoms with van der Waals surface area (Å²) in [5.41, 5.74) is 0. The Bertz CT molecular complexity index is 769. The first kappa shape index (κ1) is 18.9. The van der Waals surface area contributed by atoms with Gasteiger partial charge in [0.25, 0.3) is 5.91 Å². The molecule has 2 amide bonds. The monoisotopic (exact) mass is 372 g/mol. The zero-order valence-electron chi connectivity index (χ0n) is 15.6. The highest BCUT2D eigenvalue weighted by molar-refractivity contribution is 5.82. The Morgan fingerprint density at radius 1 is 1.30 bits per heavy atom. The second kappa shape index (κ2) is 8.66. The first-order valence-electron chi connectivity index (χ1n) is 9.10. The lowest BCUT2D eigenvalue weighted by Gasteiger charge is -2.32.